The van der Waals surface area contributed by atoms with Crippen LogP contribution in [0.5, 0.6) is 0 Å². The molecule has 0 unspecified atom stereocenters. The fourth-order valence-electron chi connectivity index (χ4n) is 2.18. The second-order valence-electron chi connectivity index (χ2n) is 6.00. The minimum absolute atomic E-state index is 0.288. The second-order valence-corrected chi connectivity index (χ2v) is 6.00. The van der Waals surface area contributed by atoms with E-state index in [4.69, 9.17) is 4.74 Å². The van der Waals surface area contributed by atoms with E-state index in [9.17, 15) is 9.18 Å². The van der Waals surface area contributed by atoms with Crippen molar-refractivity contribution in [2.24, 2.45) is 0 Å². The van der Waals surface area contributed by atoms with Gasteiger partial charge in [-0.2, -0.15) is 0 Å². The molecule has 0 saturated carbocycles. The fraction of sp³-hybridized carbons (Fsp3) is 0.643. The summed E-state index contributed by atoms with van der Waals surface area (Å²) in [6.07, 6.45) is 2.89. The third-order valence-electron chi connectivity index (χ3n) is 3.10. The van der Waals surface area contributed by atoms with Crippen LogP contribution in [0, 0.1) is 5.82 Å². The Kier molecular flexibility index (Phi) is 4.59. The summed E-state index contributed by atoms with van der Waals surface area (Å²) in [5, 5.41) is 0. The molecular formula is C14H21FN4O2. The SMILES string of the molecule is CC(C)(C)OC(=O)N1CCCN(c2ncncc2F)CC1. The highest BCUT2D eigenvalue weighted by molar-refractivity contribution is 5.68. The lowest BCUT2D eigenvalue weighted by Crippen LogP contribution is -2.39. The molecule has 2 heterocycles. The van der Waals surface area contributed by atoms with Crippen molar-refractivity contribution in [3.63, 3.8) is 0 Å². The highest BCUT2D eigenvalue weighted by Gasteiger charge is 2.25. The maximum atomic E-state index is 13.7. The van der Waals surface area contributed by atoms with E-state index >= 15 is 0 Å². The van der Waals surface area contributed by atoms with E-state index in [1.165, 1.54) is 6.33 Å². The molecule has 116 valence electrons. The number of rotatable bonds is 1. The molecule has 21 heavy (non-hydrogen) atoms. The average molecular weight is 296 g/mol. The lowest BCUT2D eigenvalue weighted by molar-refractivity contribution is 0.0263. The second kappa shape index (κ2) is 6.24. The number of anilines is 1. The van der Waals surface area contributed by atoms with Crippen LogP contribution in [0.25, 0.3) is 0 Å². The lowest BCUT2D eigenvalue weighted by atomic mass is 10.2. The zero-order valence-corrected chi connectivity index (χ0v) is 12.7. The van der Waals surface area contributed by atoms with Gasteiger partial charge in [0.05, 0.1) is 6.20 Å². The van der Waals surface area contributed by atoms with Gasteiger partial charge in [-0.1, -0.05) is 0 Å². The van der Waals surface area contributed by atoms with Crippen LogP contribution in [0.15, 0.2) is 12.5 Å². The summed E-state index contributed by atoms with van der Waals surface area (Å²) in [5.41, 5.74) is -0.512. The van der Waals surface area contributed by atoms with Gasteiger partial charge >= 0.3 is 6.09 Å². The molecule has 1 saturated heterocycles. The summed E-state index contributed by atoms with van der Waals surface area (Å²) >= 11 is 0. The number of amides is 1. The number of hydrogen-bond acceptors (Lipinski definition) is 5. The van der Waals surface area contributed by atoms with E-state index in [0.717, 1.165) is 12.6 Å². The molecule has 0 aromatic carbocycles. The Labute approximate surface area is 123 Å². The Morgan fingerprint density at radius 2 is 2.05 bits per heavy atom. The van der Waals surface area contributed by atoms with Gasteiger partial charge in [0.2, 0.25) is 0 Å². The summed E-state index contributed by atoms with van der Waals surface area (Å²) in [7, 11) is 0. The topological polar surface area (TPSA) is 58.6 Å². The molecule has 0 atom stereocenters. The van der Waals surface area contributed by atoms with Crippen molar-refractivity contribution in [3.8, 4) is 0 Å². The van der Waals surface area contributed by atoms with Crippen molar-refractivity contribution in [1.82, 2.24) is 14.9 Å². The fourth-order valence-corrected chi connectivity index (χ4v) is 2.18. The third-order valence-corrected chi connectivity index (χ3v) is 3.10. The van der Waals surface area contributed by atoms with Gasteiger partial charge in [0.25, 0.3) is 0 Å². The zero-order chi connectivity index (χ0) is 15.5. The minimum atomic E-state index is -0.512. The molecule has 1 amide bonds. The highest BCUT2D eigenvalue weighted by Crippen LogP contribution is 2.17. The van der Waals surface area contributed by atoms with Crippen molar-refractivity contribution in [2.45, 2.75) is 32.8 Å². The predicted octanol–water partition coefficient (Wildman–Crippen LogP) is 2.06. The minimum Gasteiger partial charge on any atom is -0.444 e. The van der Waals surface area contributed by atoms with Crippen LogP contribution < -0.4 is 4.90 Å². The summed E-state index contributed by atoms with van der Waals surface area (Å²) in [6, 6.07) is 0. The van der Waals surface area contributed by atoms with Gasteiger partial charge in [0, 0.05) is 26.2 Å². The molecule has 1 fully saturated rings. The first-order chi connectivity index (χ1) is 9.87. The standard InChI is InChI=1S/C14H21FN4O2/c1-14(2,3)21-13(20)19-6-4-5-18(7-8-19)12-11(15)9-16-10-17-12/h9-10H,4-8H2,1-3H3. The van der Waals surface area contributed by atoms with E-state index in [-0.39, 0.29) is 11.9 Å². The van der Waals surface area contributed by atoms with Gasteiger partial charge < -0.3 is 14.5 Å². The Morgan fingerprint density at radius 3 is 2.71 bits per heavy atom. The van der Waals surface area contributed by atoms with Crippen LogP contribution in [0.1, 0.15) is 27.2 Å². The normalized spacial score (nSPS) is 16.6. The Balaban J connectivity index is 1.99. The van der Waals surface area contributed by atoms with Crippen LogP contribution >= 0.6 is 0 Å². The van der Waals surface area contributed by atoms with Gasteiger partial charge in [-0.25, -0.2) is 19.2 Å². The molecule has 7 heteroatoms. The average Bonchev–Trinajstić information content (AvgIpc) is 2.63. The van der Waals surface area contributed by atoms with Crippen molar-refractivity contribution in [2.75, 3.05) is 31.1 Å². The quantitative estimate of drug-likeness (QED) is 0.794. The van der Waals surface area contributed by atoms with E-state index in [1.54, 1.807) is 4.90 Å². The molecule has 1 aliphatic heterocycles. The van der Waals surface area contributed by atoms with Crippen molar-refractivity contribution in [3.05, 3.63) is 18.3 Å². The first kappa shape index (κ1) is 15.5. The Morgan fingerprint density at radius 1 is 1.29 bits per heavy atom. The summed E-state index contributed by atoms with van der Waals surface area (Å²) < 4.78 is 19.1. The number of nitrogens with zero attached hydrogens (tertiary/aromatic N) is 4. The maximum Gasteiger partial charge on any atom is 0.410 e. The van der Waals surface area contributed by atoms with Crippen LogP contribution in [-0.2, 0) is 4.74 Å². The molecule has 2 rings (SSSR count). The molecule has 1 aromatic heterocycles. The number of ether oxygens (including phenoxy) is 1. The predicted molar refractivity (Wildman–Crippen MR) is 76.6 cm³/mol. The molecular weight excluding hydrogens is 275 g/mol. The van der Waals surface area contributed by atoms with Crippen molar-refractivity contribution in [1.29, 1.82) is 0 Å². The molecule has 0 N–H and O–H groups in total. The van der Waals surface area contributed by atoms with E-state index in [0.29, 0.717) is 26.2 Å². The third kappa shape index (κ3) is 4.27. The summed E-state index contributed by atoms with van der Waals surface area (Å²) in [5.74, 6) is -0.153. The van der Waals surface area contributed by atoms with Crippen LogP contribution in [0.3, 0.4) is 0 Å². The molecule has 0 aliphatic carbocycles. The largest absolute Gasteiger partial charge is 0.444 e. The number of aromatic nitrogens is 2. The van der Waals surface area contributed by atoms with Crippen LogP contribution in [0.2, 0.25) is 0 Å². The molecule has 1 aromatic rings. The monoisotopic (exact) mass is 296 g/mol. The van der Waals surface area contributed by atoms with Crippen molar-refractivity contribution >= 4 is 11.9 Å². The van der Waals surface area contributed by atoms with Gasteiger partial charge in [-0.15, -0.1) is 0 Å². The smallest absolute Gasteiger partial charge is 0.410 e. The lowest BCUT2D eigenvalue weighted by Gasteiger charge is -2.26. The number of carbonyl (C=O) groups excluding carboxylic acids is 1. The molecule has 0 spiro atoms. The molecule has 1 aliphatic rings. The van der Waals surface area contributed by atoms with Gasteiger partial charge in [-0.05, 0) is 27.2 Å². The number of halogens is 1. The van der Waals surface area contributed by atoms with E-state index in [2.05, 4.69) is 9.97 Å². The molecule has 0 radical (unpaired) electrons. The first-order valence-corrected chi connectivity index (χ1v) is 7.05. The van der Waals surface area contributed by atoms with Gasteiger partial charge in [0.1, 0.15) is 11.9 Å². The number of hydrogen-bond donors (Lipinski definition) is 0. The summed E-state index contributed by atoms with van der Waals surface area (Å²) in [4.78, 5) is 23.2. The Bertz CT molecular complexity index is 504. The molecule has 0 bridgehead atoms. The van der Waals surface area contributed by atoms with E-state index < -0.39 is 11.4 Å². The van der Waals surface area contributed by atoms with Crippen LogP contribution in [0.4, 0.5) is 15.0 Å². The zero-order valence-electron chi connectivity index (χ0n) is 12.7. The highest BCUT2D eigenvalue weighted by atomic mass is 19.1. The summed E-state index contributed by atoms with van der Waals surface area (Å²) in [6.45, 7) is 7.76. The Hall–Kier alpha value is -1.92. The van der Waals surface area contributed by atoms with Crippen LogP contribution in [-0.4, -0.2) is 52.7 Å². The molecule has 6 nitrogen and oxygen atoms in total. The van der Waals surface area contributed by atoms with Crippen molar-refractivity contribution < 1.29 is 13.9 Å². The van der Waals surface area contributed by atoms with E-state index in [1.807, 2.05) is 25.7 Å². The number of carbonyl (C=O) groups is 1. The maximum absolute atomic E-state index is 13.7. The first-order valence-electron chi connectivity index (χ1n) is 7.05. The van der Waals surface area contributed by atoms with Gasteiger partial charge in [0.15, 0.2) is 11.6 Å². The van der Waals surface area contributed by atoms with Gasteiger partial charge in [-0.3, -0.25) is 0 Å².